The van der Waals surface area contributed by atoms with Crippen molar-refractivity contribution in [3.8, 4) is 11.5 Å². The highest BCUT2D eigenvalue weighted by Gasteiger charge is 2.30. The molecule has 2 aromatic heterocycles. The smallest absolute Gasteiger partial charge is 0.181 e. The van der Waals surface area contributed by atoms with E-state index < -0.39 is 0 Å². The second kappa shape index (κ2) is 6.33. The summed E-state index contributed by atoms with van der Waals surface area (Å²) in [5.74, 6) is 2.33. The third kappa shape index (κ3) is 3.03. The Bertz CT molecular complexity index is 1060. The third-order valence-corrected chi connectivity index (χ3v) is 5.21. The average Bonchev–Trinajstić information content (AvgIpc) is 2.60. The zero-order chi connectivity index (χ0) is 20.2. The summed E-state index contributed by atoms with van der Waals surface area (Å²) in [6.07, 6.45) is 3.69. The van der Waals surface area contributed by atoms with Crippen LogP contribution < -0.4 is 9.64 Å². The van der Waals surface area contributed by atoms with Gasteiger partial charge in [0.05, 0.1) is 17.6 Å². The molecule has 0 bridgehead atoms. The largest absolute Gasteiger partial charge is 0.450 e. The molecular weight excluding hydrogens is 346 g/mol. The van der Waals surface area contributed by atoms with E-state index in [0.29, 0.717) is 0 Å². The fraction of sp³-hybridized carbons (Fsp3) is 0.333. The van der Waals surface area contributed by atoms with Crippen molar-refractivity contribution in [3.63, 3.8) is 0 Å². The van der Waals surface area contributed by atoms with Crippen LogP contribution in [0.2, 0.25) is 0 Å². The molecule has 3 aromatic rings. The molecule has 0 saturated carbocycles. The molecule has 0 saturated heterocycles. The maximum absolute atomic E-state index is 6.16. The third-order valence-electron chi connectivity index (χ3n) is 5.21. The van der Waals surface area contributed by atoms with Crippen LogP contribution in [0, 0.1) is 27.7 Å². The Balaban J connectivity index is 1.99. The first-order valence-electron chi connectivity index (χ1n) is 9.68. The van der Waals surface area contributed by atoms with Crippen molar-refractivity contribution >= 4 is 17.2 Å². The molecule has 0 amide bonds. The van der Waals surface area contributed by atoms with Crippen molar-refractivity contribution in [1.29, 1.82) is 0 Å². The molecule has 4 heteroatoms. The molecule has 144 valence electrons. The monoisotopic (exact) mass is 373 g/mol. The van der Waals surface area contributed by atoms with Crippen molar-refractivity contribution in [1.82, 2.24) is 9.97 Å². The van der Waals surface area contributed by atoms with Crippen LogP contribution >= 0.6 is 0 Å². The lowest BCUT2D eigenvalue weighted by molar-refractivity contribution is 0.471. The van der Waals surface area contributed by atoms with E-state index >= 15 is 0 Å². The first-order valence-corrected chi connectivity index (χ1v) is 9.68. The fourth-order valence-electron chi connectivity index (χ4n) is 3.76. The van der Waals surface area contributed by atoms with Gasteiger partial charge in [0.2, 0.25) is 0 Å². The summed E-state index contributed by atoms with van der Waals surface area (Å²) >= 11 is 0. The number of ether oxygens (including phenoxy) is 1. The van der Waals surface area contributed by atoms with Crippen LogP contribution in [0.3, 0.4) is 0 Å². The highest BCUT2D eigenvalue weighted by atomic mass is 16.5. The average molecular weight is 374 g/mol. The molecule has 28 heavy (non-hydrogen) atoms. The maximum atomic E-state index is 6.16. The number of fused-ring (bicyclic) bond motifs is 2. The second-order valence-electron chi connectivity index (χ2n) is 8.77. The van der Waals surface area contributed by atoms with E-state index in [-0.39, 0.29) is 5.41 Å². The summed E-state index contributed by atoms with van der Waals surface area (Å²) < 4.78 is 6.16. The number of rotatable bonds is 1. The number of pyridine rings is 2. The quantitative estimate of drug-likeness (QED) is 0.377. The summed E-state index contributed by atoms with van der Waals surface area (Å²) in [4.78, 5) is 11.4. The molecule has 3 heterocycles. The first kappa shape index (κ1) is 18.5. The van der Waals surface area contributed by atoms with Gasteiger partial charge in [-0.1, -0.05) is 32.9 Å². The first-order chi connectivity index (χ1) is 13.1. The summed E-state index contributed by atoms with van der Waals surface area (Å²) in [5, 5.41) is 0. The Labute approximate surface area is 167 Å². The number of benzene rings is 1. The standard InChI is InChI=1S/C24H27N3O/c1-14-8-20-23(26-12-14)27(19-11-17(4)25-13-21(19)28-20)22-15(2)9-18(10-16(22)3)24(5,6)7/h8-13H,1-7H3. The highest BCUT2D eigenvalue weighted by molar-refractivity contribution is 5.86. The summed E-state index contributed by atoms with van der Waals surface area (Å²) in [5.41, 5.74) is 8.03. The van der Waals surface area contributed by atoms with Gasteiger partial charge in [-0.25, -0.2) is 4.98 Å². The maximum Gasteiger partial charge on any atom is 0.181 e. The molecule has 0 radical (unpaired) electrons. The number of nitrogens with zero attached hydrogens (tertiary/aromatic N) is 3. The molecule has 0 unspecified atom stereocenters. The topological polar surface area (TPSA) is 38.3 Å². The molecule has 0 fully saturated rings. The minimum Gasteiger partial charge on any atom is -0.450 e. The van der Waals surface area contributed by atoms with Crippen LogP contribution in [0.25, 0.3) is 0 Å². The van der Waals surface area contributed by atoms with Crippen LogP contribution in [0.4, 0.5) is 17.2 Å². The molecule has 1 aromatic carbocycles. The van der Waals surface area contributed by atoms with Crippen LogP contribution in [0.15, 0.2) is 36.7 Å². The Morgan fingerprint density at radius 1 is 0.821 bits per heavy atom. The van der Waals surface area contributed by atoms with Gasteiger partial charge in [-0.2, -0.15) is 0 Å². The van der Waals surface area contributed by atoms with Crippen molar-refractivity contribution < 1.29 is 4.74 Å². The van der Waals surface area contributed by atoms with Crippen molar-refractivity contribution in [3.05, 3.63) is 64.6 Å². The van der Waals surface area contributed by atoms with E-state index in [2.05, 4.69) is 62.7 Å². The van der Waals surface area contributed by atoms with Gasteiger partial charge in [-0.15, -0.1) is 0 Å². The summed E-state index contributed by atoms with van der Waals surface area (Å²) in [6, 6.07) is 8.68. The van der Waals surface area contributed by atoms with Gasteiger partial charge in [-0.3, -0.25) is 9.88 Å². The lowest BCUT2D eigenvalue weighted by atomic mass is 9.84. The van der Waals surface area contributed by atoms with E-state index in [1.165, 1.54) is 16.7 Å². The van der Waals surface area contributed by atoms with Crippen molar-refractivity contribution in [2.75, 3.05) is 4.90 Å². The van der Waals surface area contributed by atoms with Crippen molar-refractivity contribution in [2.24, 2.45) is 0 Å². The number of anilines is 3. The van der Waals surface area contributed by atoms with Crippen LogP contribution in [0.5, 0.6) is 11.5 Å². The predicted octanol–water partition coefficient (Wildman–Crippen LogP) is 6.58. The van der Waals surface area contributed by atoms with Gasteiger partial charge >= 0.3 is 0 Å². The van der Waals surface area contributed by atoms with Crippen molar-refractivity contribution in [2.45, 2.75) is 53.9 Å². The molecule has 1 aliphatic rings. The Morgan fingerprint density at radius 2 is 1.50 bits per heavy atom. The molecule has 0 spiro atoms. The summed E-state index contributed by atoms with van der Waals surface area (Å²) in [7, 11) is 0. The normalized spacial score (nSPS) is 13.0. The van der Waals surface area contributed by atoms with E-state index in [4.69, 9.17) is 9.72 Å². The Kier molecular flexibility index (Phi) is 4.18. The minimum atomic E-state index is 0.102. The van der Waals surface area contributed by atoms with E-state index in [9.17, 15) is 0 Å². The van der Waals surface area contributed by atoms with Gasteiger partial charge in [0, 0.05) is 11.9 Å². The number of aryl methyl sites for hydroxylation is 4. The van der Waals surface area contributed by atoms with Gasteiger partial charge in [0.1, 0.15) is 0 Å². The van der Waals surface area contributed by atoms with Crippen LogP contribution in [-0.2, 0) is 5.41 Å². The fourth-order valence-corrected chi connectivity index (χ4v) is 3.76. The molecule has 0 aliphatic carbocycles. The number of hydrogen-bond acceptors (Lipinski definition) is 4. The second-order valence-corrected chi connectivity index (χ2v) is 8.77. The Hall–Kier alpha value is -2.88. The summed E-state index contributed by atoms with van der Waals surface area (Å²) in [6.45, 7) is 15.1. The number of aromatic nitrogens is 2. The minimum absolute atomic E-state index is 0.102. The van der Waals surface area contributed by atoms with Crippen LogP contribution in [-0.4, -0.2) is 9.97 Å². The lowest BCUT2D eigenvalue weighted by Gasteiger charge is -2.34. The van der Waals surface area contributed by atoms with E-state index in [0.717, 1.165) is 39.9 Å². The molecule has 0 N–H and O–H groups in total. The van der Waals surface area contributed by atoms with Gasteiger partial charge in [0.25, 0.3) is 0 Å². The molecule has 4 rings (SSSR count). The zero-order valence-electron chi connectivity index (χ0n) is 17.7. The van der Waals surface area contributed by atoms with Gasteiger partial charge in [0.15, 0.2) is 17.3 Å². The molecular formula is C24H27N3O. The highest BCUT2D eigenvalue weighted by Crippen LogP contribution is 2.51. The van der Waals surface area contributed by atoms with E-state index in [1.807, 2.05) is 26.1 Å². The molecule has 1 aliphatic heterocycles. The SMILES string of the molecule is Cc1cnc2c(c1)Oc1cnc(C)cc1N2c1c(C)cc(C(C)(C)C)cc1C. The van der Waals surface area contributed by atoms with E-state index in [1.54, 1.807) is 6.20 Å². The molecule has 0 atom stereocenters. The van der Waals surface area contributed by atoms with Gasteiger partial charge in [-0.05, 0) is 67.5 Å². The lowest BCUT2D eigenvalue weighted by Crippen LogP contribution is -2.20. The zero-order valence-corrected chi connectivity index (χ0v) is 17.7. The molecule has 4 nitrogen and oxygen atoms in total. The Morgan fingerprint density at radius 3 is 2.14 bits per heavy atom. The predicted molar refractivity (Wildman–Crippen MR) is 114 cm³/mol. The van der Waals surface area contributed by atoms with Gasteiger partial charge < -0.3 is 4.74 Å². The number of hydrogen-bond donors (Lipinski definition) is 0. The van der Waals surface area contributed by atoms with Crippen LogP contribution in [0.1, 0.15) is 48.7 Å².